The maximum absolute atomic E-state index is 12.6. The number of hydrogen-bond donors (Lipinski definition) is 2. The van der Waals surface area contributed by atoms with Crippen LogP contribution in [-0.2, 0) is 23.1 Å². The summed E-state index contributed by atoms with van der Waals surface area (Å²) in [5.41, 5.74) is 9.31. The molecule has 3 aromatic rings. The smallest absolute Gasteiger partial charge is 0.242 e. The van der Waals surface area contributed by atoms with Crippen LogP contribution < -0.4 is 20.5 Å². The topological polar surface area (TPSA) is 121 Å². The van der Waals surface area contributed by atoms with Crippen molar-refractivity contribution in [2.45, 2.75) is 33.1 Å². The first kappa shape index (κ1) is 22.1. The molecule has 9 nitrogen and oxygen atoms in total. The molecule has 0 atom stereocenters. The quantitative estimate of drug-likeness (QED) is 0.543. The Morgan fingerprint density at radius 3 is 2.65 bits per heavy atom. The maximum atomic E-state index is 12.6. The molecule has 164 valence electrons. The summed E-state index contributed by atoms with van der Waals surface area (Å²) < 4.78 is 12.7. The molecule has 0 fully saturated rings. The number of ether oxygens (including phenoxy) is 2. The van der Waals surface area contributed by atoms with Gasteiger partial charge in [-0.25, -0.2) is 9.67 Å². The number of aromatic nitrogens is 3. The number of rotatable bonds is 9. The number of para-hydroxylation sites is 2. The van der Waals surface area contributed by atoms with Gasteiger partial charge in [-0.2, -0.15) is 0 Å². The summed E-state index contributed by atoms with van der Waals surface area (Å²) in [7, 11) is 3.41. The Hall–Kier alpha value is -3.62. The minimum absolute atomic E-state index is 0.105. The van der Waals surface area contributed by atoms with Crippen molar-refractivity contribution in [2.24, 2.45) is 12.8 Å². The second kappa shape index (κ2) is 9.46. The molecule has 9 heteroatoms. The third-order valence-corrected chi connectivity index (χ3v) is 5.09. The number of benzene rings is 1. The minimum atomic E-state index is -0.442. The van der Waals surface area contributed by atoms with Crippen LogP contribution in [0.5, 0.6) is 11.6 Å². The molecule has 0 unspecified atom stereocenters. The molecule has 0 saturated heterocycles. The lowest BCUT2D eigenvalue weighted by Gasteiger charge is -2.13. The van der Waals surface area contributed by atoms with Crippen molar-refractivity contribution in [1.29, 1.82) is 0 Å². The van der Waals surface area contributed by atoms with E-state index in [0.29, 0.717) is 23.7 Å². The van der Waals surface area contributed by atoms with Gasteiger partial charge >= 0.3 is 0 Å². The third-order valence-electron chi connectivity index (χ3n) is 5.09. The van der Waals surface area contributed by atoms with Crippen LogP contribution in [0.25, 0.3) is 11.0 Å². The largest absolute Gasteiger partial charge is 0.491 e. The second-order valence-electron chi connectivity index (χ2n) is 7.24. The van der Waals surface area contributed by atoms with Crippen molar-refractivity contribution in [3.63, 3.8) is 0 Å². The monoisotopic (exact) mass is 425 g/mol. The summed E-state index contributed by atoms with van der Waals surface area (Å²) in [6, 6.07) is 7.08. The van der Waals surface area contributed by atoms with Crippen molar-refractivity contribution in [3.8, 4) is 11.6 Å². The standard InChI is InChI=1S/C22H27N5O4/c1-13-15(14(2)24-21-20(13)22(30-4)26-27(21)3)9-10-19(29)25-16-7-5-6-8-17(16)31-12-11-18(23)28/h5-8H,9-12H2,1-4H3,(H2,23,28)(H,25,29). The van der Waals surface area contributed by atoms with Crippen LogP contribution in [0.4, 0.5) is 5.69 Å². The Morgan fingerprint density at radius 1 is 1.19 bits per heavy atom. The lowest BCUT2D eigenvalue weighted by molar-refractivity contribution is -0.118. The Labute approximate surface area is 180 Å². The molecule has 2 heterocycles. The molecular weight excluding hydrogens is 398 g/mol. The second-order valence-corrected chi connectivity index (χ2v) is 7.24. The number of anilines is 1. The first-order valence-corrected chi connectivity index (χ1v) is 9.98. The zero-order valence-corrected chi connectivity index (χ0v) is 18.2. The SMILES string of the molecule is COc1nn(C)c2nc(C)c(CCC(=O)Nc3ccccc3OCCC(N)=O)c(C)c12. The fourth-order valence-electron chi connectivity index (χ4n) is 3.52. The maximum Gasteiger partial charge on any atom is 0.242 e. The van der Waals surface area contributed by atoms with Crippen molar-refractivity contribution < 1.29 is 19.1 Å². The van der Waals surface area contributed by atoms with E-state index in [-0.39, 0.29) is 25.4 Å². The third kappa shape index (κ3) is 4.93. The number of aryl methyl sites for hydroxylation is 3. The van der Waals surface area contributed by atoms with E-state index in [1.807, 2.05) is 20.9 Å². The number of amides is 2. The predicted octanol–water partition coefficient (Wildman–Crippen LogP) is 2.42. The van der Waals surface area contributed by atoms with Gasteiger partial charge in [0.05, 0.1) is 31.2 Å². The molecule has 0 aliphatic heterocycles. The van der Waals surface area contributed by atoms with E-state index in [1.54, 1.807) is 36.1 Å². The van der Waals surface area contributed by atoms with Gasteiger partial charge in [-0.1, -0.05) is 12.1 Å². The Bertz CT molecular complexity index is 1120. The molecule has 31 heavy (non-hydrogen) atoms. The molecule has 0 saturated carbocycles. The summed E-state index contributed by atoms with van der Waals surface area (Å²) in [6.45, 7) is 4.08. The molecule has 3 N–H and O–H groups in total. The lowest BCUT2D eigenvalue weighted by Crippen LogP contribution is -2.16. The minimum Gasteiger partial charge on any atom is -0.491 e. The number of fused-ring (bicyclic) bond motifs is 1. The molecular formula is C22H27N5O4. The number of hydrogen-bond acceptors (Lipinski definition) is 6. The summed E-state index contributed by atoms with van der Waals surface area (Å²) in [6.07, 6.45) is 0.899. The molecule has 0 spiro atoms. The van der Waals surface area contributed by atoms with E-state index >= 15 is 0 Å². The number of pyridine rings is 1. The average Bonchev–Trinajstić information content (AvgIpc) is 3.04. The number of nitrogens with zero attached hydrogens (tertiary/aromatic N) is 3. The predicted molar refractivity (Wildman–Crippen MR) is 117 cm³/mol. The van der Waals surface area contributed by atoms with E-state index in [1.165, 1.54) is 0 Å². The van der Waals surface area contributed by atoms with Gasteiger partial charge in [0.2, 0.25) is 17.7 Å². The van der Waals surface area contributed by atoms with Crippen LogP contribution in [0.2, 0.25) is 0 Å². The number of primary amides is 1. The number of methoxy groups -OCH3 is 1. The number of nitrogens with two attached hydrogens (primary N) is 1. The van der Waals surface area contributed by atoms with Gasteiger partial charge in [0, 0.05) is 19.2 Å². The van der Waals surface area contributed by atoms with Crippen molar-refractivity contribution in [1.82, 2.24) is 14.8 Å². The normalized spacial score (nSPS) is 10.8. The Balaban J connectivity index is 1.72. The molecule has 0 aliphatic carbocycles. The fraction of sp³-hybridized carbons (Fsp3) is 0.364. The zero-order valence-electron chi connectivity index (χ0n) is 18.2. The van der Waals surface area contributed by atoms with Gasteiger partial charge < -0.3 is 20.5 Å². The van der Waals surface area contributed by atoms with Crippen molar-refractivity contribution in [2.75, 3.05) is 19.0 Å². The first-order chi connectivity index (χ1) is 14.8. The van der Waals surface area contributed by atoms with E-state index in [9.17, 15) is 9.59 Å². The van der Waals surface area contributed by atoms with Gasteiger partial charge in [0.1, 0.15) is 5.75 Å². The molecule has 2 aromatic heterocycles. The van der Waals surface area contributed by atoms with Crippen LogP contribution >= 0.6 is 0 Å². The van der Waals surface area contributed by atoms with Crippen molar-refractivity contribution in [3.05, 3.63) is 41.1 Å². The Morgan fingerprint density at radius 2 is 1.94 bits per heavy atom. The van der Waals surface area contributed by atoms with Gasteiger partial charge in [0.25, 0.3) is 0 Å². The Kier molecular flexibility index (Phi) is 6.74. The van der Waals surface area contributed by atoms with Crippen molar-refractivity contribution >= 4 is 28.5 Å². The molecule has 3 rings (SSSR count). The van der Waals surface area contributed by atoms with Crippen LogP contribution in [0.15, 0.2) is 24.3 Å². The first-order valence-electron chi connectivity index (χ1n) is 9.98. The van der Waals surface area contributed by atoms with Crippen LogP contribution in [-0.4, -0.2) is 40.3 Å². The van der Waals surface area contributed by atoms with E-state index in [4.69, 9.17) is 15.2 Å². The summed E-state index contributed by atoms with van der Waals surface area (Å²) in [5, 5.41) is 8.10. The van der Waals surface area contributed by atoms with Crippen LogP contribution in [0, 0.1) is 13.8 Å². The van der Waals surface area contributed by atoms with E-state index < -0.39 is 5.91 Å². The number of carbonyl (C=O) groups excluding carboxylic acids is 2. The summed E-state index contributed by atoms with van der Waals surface area (Å²) in [4.78, 5) is 28.2. The van der Waals surface area contributed by atoms with E-state index in [0.717, 1.165) is 27.9 Å². The summed E-state index contributed by atoms with van der Waals surface area (Å²) in [5.74, 6) is 0.425. The summed E-state index contributed by atoms with van der Waals surface area (Å²) >= 11 is 0. The molecule has 1 aromatic carbocycles. The highest BCUT2D eigenvalue weighted by atomic mass is 16.5. The fourth-order valence-corrected chi connectivity index (χ4v) is 3.52. The number of carbonyl (C=O) groups is 2. The van der Waals surface area contributed by atoms with E-state index in [2.05, 4.69) is 15.4 Å². The molecule has 0 radical (unpaired) electrons. The lowest BCUT2D eigenvalue weighted by atomic mass is 10.00. The highest BCUT2D eigenvalue weighted by Gasteiger charge is 2.18. The van der Waals surface area contributed by atoms with Gasteiger partial charge in [0.15, 0.2) is 5.65 Å². The van der Waals surface area contributed by atoms with Gasteiger partial charge in [-0.3, -0.25) is 9.59 Å². The molecule has 0 aliphatic rings. The number of nitrogens with one attached hydrogen (secondary N) is 1. The van der Waals surface area contributed by atoms with Gasteiger partial charge in [-0.15, -0.1) is 5.10 Å². The van der Waals surface area contributed by atoms with Crippen LogP contribution in [0.1, 0.15) is 29.7 Å². The zero-order chi connectivity index (χ0) is 22.5. The average molecular weight is 425 g/mol. The molecule has 0 bridgehead atoms. The highest BCUT2D eigenvalue weighted by Crippen LogP contribution is 2.30. The highest BCUT2D eigenvalue weighted by molar-refractivity contribution is 5.92. The molecule has 2 amide bonds. The van der Waals surface area contributed by atoms with Crippen LogP contribution in [0.3, 0.4) is 0 Å². The van der Waals surface area contributed by atoms with Gasteiger partial charge in [-0.05, 0) is 43.5 Å².